The molecule has 0 amide bonds. The van der Waals surface area contributed by atoms with Crippen molar-refractivity contribution in [3.8, 4) is 0 Å². The minimum absolute atomic E-state index is 0.107. The molecule has 0 spiro atoms. The van der Waals surface area contributed by atoms with Crippen LogP contribution in [0.5, 0.6) is 0 Å². The summed E-state index contributed by atoms with van der Waals surface area (Å²) in [7, 11) is 2.10. The van der Waals surface area contributed by atoms with Crippen LogP contribution in [0.1, 0.15) is 16.0 Å². The van der Waals surface area contributed by atoms with Crippen LogP contribution in [0.25, 0.3) is 0 Å². The summed E-state index contributed by atoms with van der Waals surface area (Å²) in [6.45, 7) is 3.12. The van der Waals surface area contributed by atoms with Crippen LogP contribution in [0.2, 0.25) is 0 Å². The third kappa shape index (κ3) is 2.87. The largest absolute Gasteiger partial charge is 0.392 e. The van der Waals surface area contributed by atoms with E-state index in [-0.39, 0.29) is 6.61 Å². The van der Waals surface area contributed by atoms with E-state index in [9.17, 15) is 0 Å². The summed E-state index contributed by atoms with van der Waals surface area (Å²) < 4.78 is 0. The Hall–Kier alpha value is -1.32. The highest BCUT2D eigenvalue weighted by atomic mass is 32.1. The summed E-state index contributed by atoms with van der Waals surface area (Å²) in [4.78, 5) is 3.60. The first-order valence-electron chi connectivity index (χ1n) is 5.64. The molecule has 17 heavy (non-hydrogen) atoms. The third-order valence-corrected chi connectivity index (χ3v) is 3.69. The van der Waals surface area contributed by atoms with E-state index in [2.05, 4.69) is 42.5 Å². The number of hydrogen-bond donors (Lipinski definition) is 1. The summed E-state index contributed by atoms with van der Waals surface area (Å²) in [5.41, 5.74) is 3.39. The SMILES string of the molecule is Cc1cc(CO)ccc1N(C)Cc1cccs1. The Labute approximate surface area is 106 Å². The number of aliphatic hydroxyl groups excluding tert-OH is 1. The van der Waals surface area contributed by atoms with Gasteiger partial charge in [-0.15, -0.1) is 11.3 Å². The Balaban J connectivity index is 2.16. The van der Waals surface area contributed by atoms with Crippen molar-refractivity contribution in [3.63, 3.8) is 0 Å². The Morgan fingerprint density at radius 2 is 2.12 bits per heavy atom. The zero-order valence-corrected chi connectivity index (χ0v) is 11.0. The molecule has 0 atom stereocenters. The van der Waals surface area contributed by atoms with Gasteiger partial charge in [0.2, 0.25) is 0 Å². The van der Waals surface area contributed by atoms with Crippen molar-refractivity contribution in [2.75, 3.05) is 11.9 Å². The molecule has 0 bridgehead atoms. The predicted molar refractivity (Wildman–Crippen MR) is 73.5 cm³/mol. The first-order valence-corrected chi connectivity index (χ1v) is 6.52. The van der Waals surface area contributed by atoms with E-state index in [4.69, 9.17) is 5.11 Å². The van der Waals surface area contributed by atoms with Crippen LogP contribution in [0, 0.1) is 6.92 Å². The van der Waals surface area contributed by atoms with E-state index in [0.717, 1.165) is 12.1 Å². The molecule has 90 valence electrons. The second-order valence-corrected chi connectivity index (χ2v) is 5.25. The Morgan fingerprint density at radius 3 is 2.71 bits per heavy atom. The molecular formula is C14H17NOS. The number of anilines is 1. The van der Waals surface area contributed by atoms with Crippen molar-refractivity contribution in [1.29, 1.82) is 0 Å². The van der Waals surface area contributed by atoms with E-state index in [1.807, 2.05) is 12.1 Å². The Kier molecular flexibility index (Phi) is 3.82. The molecule has 0 saturated carbocycles. The smallest absolute Gasteiger partial charge is 0.0681 e. The zero-order chi connectivity index (χ0) is 12.3. The van der Waals surface area contributed by atoms with Crippen LogP contribution < -0.4 is 4.90 Å². The standard InChI is InChI=1S/C14H17NOS/c1-11-8-12(10-16)5-6-14(11)15(2)9-13-4-3-7-17-13/h3-8,16H,9-10H2,1-2H3. The van der Waals surface area contributed by atoms with Gasteiger partial charge in [-0.05, 0) is 35.6 Å². The minimum atomic E-state index is 0.107. The molecule has 2 nitrogen and oxygen atoms in total. The monoisotopic (exact) mass is 247 g/mol. The molecule has 1 aromatic heterocycles. The van der Waals surface area contributed by atoms with Crippen molar-refractivity contribution in [2.24, 2.45) is 0 Å². The minimum Gasteiger partial charge on any atom is -0.392 e. The van der Waals surface area contributed by atoms with Crippen LogP contribution in [-0.4, -0.2) is 12.2 Å². The van der Waals surface area contributed by atoms with Crippen LogP contribution in [-0.2, 0) is 13.2 Å². The Bertz CT molecular complexity index is 479. The highest BCUT2D eigenvalue weighted by Crippen LogP contribution is 2.23. The number of thiophene rings is 1. The molecule has 2 rings (SSSR count). The second kappa shape index (κ2) is 5.34. The van der Waals surface area contributed by atoms with E-state index >= 15 is 0 Å². The molecule has 1 aromatic carbocycles. The van der Waals surface area contributed by atoms with Crippen LogP contribution >= 0.6 is 11.3 Å². The number of benzene rings is 1. The van der Waals surface area contributed by atoms with Gasteiger partial charge in [0.05, 0.1) is 13.2 Å². The van der Waals surface area contributed by atoms with Gasteiger partial charge < -0.3 is 10.0 Å². The van der Waals surface area contributed by atoms with Gasteiger partial charge in [0.1, 0.15) is 0 Å². The van der Waals surface area contributed by atoms with Gasteiger partial charge in [0.25, 0.3) is 0 Å². The molecule has 1 heterocycles. The van der Waals surface area contributed by atoms with Crippen molar-refractivity contribution in [2.45, 2.75) is 20.1 Å². The lowest BCUT2D eigenvalue weighted by Gasteiger charge is -2.21. The average molecular weight is 247 g/mol. The first-order chi connectivity index (χ1) is 8.20. The second-order valence-electron chi connectivity index (χ2n) is 4.21. The van der Waals surface area contributed by atoms with Crippen LogP contribution in [0.15, 0.2) is 35.7 Å². The van der Waals surface area contributed by atoms with Crippen molar-refractivity contribution >= 4 is 17.0 Å². The highest BCUT2D eigenvalue weighted by Gasteiger charge is 2.06. The maximum absolute atomic E-state index is 9.09. The molecular weight excluding hydrogens is 230 g/mol. The predicted octanol–water partition coefficient (Wildman–Crippen LogP) is 3.19. The number of nitrogens with zero attached hydrogens (tertiary/aromatic N) is 1. The van der Waals surface area contributed by atoms with Gasteiger partial charge >= 0.3 is 0 Å². The lowest BCUT2D eigenvalue weighted by atomic mass is 10.1. The van der Waals surface area contributed by atoms with Gasteiger partial charge in [-0.2, -0.15) is 0 Å². The summed E-state index contributed by atoms with van der Waals surface area (Å²) in [5, 5.41) is 11.2. The quantitative estimate of drug-likeness (QED) is 0.897. The van der Waals surface area contributed by atoms with Gasteiger partial charge in [0.15, 0.2) is 0 Å². The van der Waals surface area contributed by atoms with Crippen molar-refractivity contribution in [1.82, 2.24) is 0 Å². The maximum atomic E-state index is 9.09. The molecule has 0 radical (unpaired) electrons. The van der Waals surface area contributed by atoms with E-state index in [0.29, 0.717) is 0 Å². The summed E-state index contributed by atoms with van der Waals surface area (Å²) in [5.74, 6) is 0. The molecule has 0 aliphatic heterocycles. The Morgan fingerprint density at radius 1 is 1.29 bits per heavy atom. The molecule has 0 aliphatic carbocycles. The third-order valence-electron chi connectivity index (χ3n) is 2.83. The number of aryl methyl sites for hydroxylation is 1. The molecule has 2 aromatic rings. The lowest BCUT2D eigenvalue weighted by molar-refractivity contribution is 0.282. The van der Waals surface area contributed by atoms with Gasteiger partial charge in [0, 0.05) is 17.6 Å². The zero-order valence-electron chi connectivity index (χ0n) is 10.2. The summed E-state index contributed by atoms with van der Waals surface area (Å²) in [6.07, 6.45) is 0. The normalized spacial score (nSPS) is 10.5. The lowest BCUT2D eigenvalue weighted by Crippen LogP contribution is -2.16. The van der Waals surface area contributed by atoms with Crippen LogP contribution in [0.4, 0.5) is 5.69 Å². The maximum Gasteiger partial charge on any atom is 0.0681 e. The molecule has 0 saturated heterocycles. The first kappa shape index (κ1) is 12.1. The van der Waals surface area contributed by atoms with Gasteiger partial charge in [-0.25, -0.2) is 0 Å². The summed E-state index contributed by atoms with van der Waals surface area (Å²) >= 11 is 1.78. The van der Waals surface area contributed by atoms with Crippen molar-refractivity contribution < 1.29 is 5.11 Å². The number of hydrogen-bond acceptors (Lipinski definition) is 3. The van der Waals surface area contributed by atoms with Gasteiger partial charge in [-0.3, -0.25) is 0 Å². The van der Waals surface area contributed by atoms with Crippen molar-refractivity contribution in [3.05, 3.63) is 51.7 Å². The van der Waals surface area contributed by atoms with E-state index in [1.54, 1.807) is 11.3 Å². The molecule has 1 N–H and O–H groups in total. The van der Waals surface area contributed by atoms with Crippen LogP contribution in [0.3, 0.4) is 0 Å². The van der Waals surface area contributed by atoms with Gasteiger partial charge in [-0.1, -0.05) is 18.2 Å². The molecule has 0 aliphatic rings. The highest BCUT2D eigenvalue weighted by molar-refractivity contribution is 7.09. The molecule has 3 heteroatoms. The van der Waals surface area contributed by atoms with E-state index in [1.165, 1.54) is 16.1 Å². The fourth-order valence-corrected chi connectivity index (χ4v) is 2.72. The summed E-state index contributed by atoms with van der Waals surface area (Å²) in [6, 6.07) is 10.3. The number of rotatable bonds is 4. The molecule has 0 fully saturated rings. The fourth-order valence-electron chi connectivity index (χ4n) is 1.97. The molecule has 0 unspecified atom stereocenters. The number of aliphatic hydroxyl groups is 1. The fraction of sp³-hybridized carbons (Fsp3) is 0.286. The van der Waals surface area contributed by atoms with E-state index < -0.39 is 0 Å². The topological polar surface area (TPSA) is 23.5 Å². The average Bonchev–Trinajstić information content (AvgIpc) is 2.81.